The van der Waals surface area contributed by atoms with E-state index in [0.717, 1.165) is 5.56 Å². The molecule has 0 aromatic heterocycles. The van der Waals surface area contributed by atoms with Crippen LogP contribution < -0.4 is 15.4 Å². The van der Waals surface area contributed by atoms with Gasteiger partial charge in [0.05, 0.1) is 7.11 Å². The number of carbonyl (C=O) groups is 3. The van der Waals surface area contributed by atoms with Crippen LogP contribution in [0.1, 0.15) is 39.2 Å². The Balaban J connectivity index is 1.97. The third-order valence-corrected chi connectivity index (χ3v) is 4.24. The molecule has 0 fully saturated rings. The molecular weight excluding hydrogens is 412 g/mol. The molecule has 0 aliphatic rings. The summed E-state index contributed by atoms with van der Waals surface area (Å²) in [5, 5.41) is 5.27. The first-order chi connectivity index (χ1) is 15.2. The molecule has 8 heteroatoms. The predicted octanol–water partition coefficient (Wildman–Crippen LogP) is 4.05. The second-order valence-electron chi connectivity index (χ2n) is 8.10. The number of esters is 1. The number of ether oxygens (including phenoxy) is 3. The van der Waals surface area contributed by atoms with Crippen molar-refractivity contribution in [3.8, 4) is 5.75 Å². The van der Waals surface area contributed by atoms with Gasteiger partial charge in [0, 0.05) is 12.1 Å². The highest BCUT2D eigenvalue weighted by molar-refractivity contribution is 5.96. The van der Waals surface area contributed by atoms with Crippen molar-refractivity contribution in [1.82, 2.24) is 5.32 Å². The Labute approximate surface area is 188 Å². The highest BCUT2D eigenvalue weighted by Gasteiger charge is 2.25. The molecule has 2 rings (SSSR count). The van der Waals surface area contributed by atoms with Crippen LogP contribution in [0, 0.1) is 0 Å². The van der Waals surface area contributed by atoms with Gasteiger partial charge in [-0.3, -0.25) is 9.59 Å². The standard InChI is InChI=1S/C24H30N2O6/c1-24(2,3)32-23(29)26-20(22(28)25-18-10-12-19(30-4)13-11-18)14-15-21(27)31-16-17-8-6-5-7-9-17/h5-13,20H,14-16H2,1-4H3,(H,25,28)(H,26,29)/t20-/m1/s1. The van der Waals surface area contributed by atoms with Crippen LogP contribution in [0.15, 0.2) is 54.6 Å². The van der Waals surface area contributed by atoms with Gasteiger partial charge in [0.15, 0.2) is 0 Å². The van der Waals surface area contributed by atoms with E-state index in [4.69, 9.17) is 14.2 Å². The minimum absolute atomic E-state index is 0.0505. The number of anilines is 1. The molecule has 32 heavy (non-hydrogen) atoms. The Morgan fingerprint density at radius 2 is 1.62 bits per heavy atom. The SMILES string of the molecule is COc1ccc(NC(=O)[C@@H](CCC(=O)OCc2ccccc2)NC(=O)OC(C)(C)C)cc1. The Morgan fingerprint density at radius 3 is 2.22 bits per heavy atom. The Bertz CT molecular complexity index is 891. The summed E-state index contributed by atoms with van der Waals surface area (Å²) < 4.78 is 15.6. The average molecular weight is 443 g/mol. The van der Waals surface area contributed by atoms with Gasteiger partial charge in [-0.05, 0) is 57.0 Å². The summed E-state index contributed by atoms with van der Waals surface area (Å²) >= 11 is 0. The number of methoxy groups -OCH3 is 1. The fourth-order valence-electron chi connectivity index (χ4n) is 2.69. The topological polar surface area (TPSA) is 103 Å². The lowest BCUT2D eigenvalue weighted by molar-refractivity contribution is -0.145. The molecule has 2 N–H and O–H groups in total. The third kappa shape index (κ3) is 9.07. The maximum atomic E-state index is 12.8. The molecule has 0 saturated heterocycles. The zero-order valence-corrected chi connectivity index (χ0v) is 18.8. The number of alkyl carbamates (subject to hydrolysis) is 1. The number of nitrogens with one attached hydrogen (secondary N) is 2. The van der Waals surface area contributed by atoms with Gasteiger partial charge in [-0.2, -0.15) is 0 Å². The molecule has 172 valence electrons. The first kappa shape index (κ1) is 24.7. The molecule has 2 aromatic carbocycles. The molecule has 0 aliphatic carbocycles. The first-order valence-corrected chi connectivity index (χ1v) is 10.3. The van der Waals surface area contributed by atoms with Crippen molar-refractivity contribution in [2.24, 2.45) is 0 Å². The second-order valence-corrected chi connectivity index (χ2v) is 8.10. The minimum Gasteiger partial charge on any atom is -0.497 e. The van der Waals surface area contributed by atoms with Gasteiger partial charge in [-0.1, -0.05) is 30.3 Å². The highest BCUT2D eigenvalue weighted by Crippen LogP contribution is 2.16. The van der Waals surface area contributed by atoms with Crippen molar-refractivity contribution in [3.05, 3.63) is 60.2 Å². The second kappa shape index (κ2) is 11.7. The van der Waals surface area contributed by atoms with Crippen LogP contribution in [-0.4, -0.2) is 36.7 Å². The molecule has 0 heterocycles. The Morgan fingerprint density at radius 1 is 0.969 bits per heavy atom. The van der Waals surface area contributed by atoms with Gasteiger partial charge in [0.25, 0.3) is 0 Å². The molecule has 1 atom stereocenters. The molecular formula is C24H30N2O6. The van der Waals surface area contributed by atoms with E-state index < -0.39 is 29.6 Å². The minimum atomic E-state index is -0.990. The molecule has 8 nitrogen and oxygen atoms in total. The zero-order valence-electron chi connectivity index (χ0n) is 18.8. The molecule has 0 spiro atoms. The van der Waals surface area contributed by atoms with E-state index in [-0.39, 0.29) is 19.4 Å². The average Bonchev–Trinajstić information content (AvgIpc) is 2.75. The monoisotopic (exact) mass is 442 g/mol. The fourth-order valence-corrected chi connectivity index (χ4v) is 2.69. The van der Waals surface area contributed by atoms with Crippen molar-refractivity contribution in [2.45, 2.75) is 51.9 Å². The van der Waals surface area contributed by atoms with Crippen molar-refractivity contribution >= 4 is 23.7 Å². The smallest absolute Gasteiger partial charge is 0.408 e. The maximum Gasteiger partial charge on any atom is 0.408 e. The number of carbonyl (C=O) groups excluding carboxylic acids is 3. The van der Waals surface area contributed by atoms with E-state index >= 15 is 0 Å². The van der Waals surface area contributed by atoms with E-state index in [2.05, 4.69) is 10.6 Å². The number of hydrogen-bond acceptors (Lipinski definition) is 6. The molecule has 2 amide bonds. The third-order valence-electron chi connectivity index (χ3n) is 4.24. The van der Waals surface area contributed by atoms with Crippen molar-refractivity contribution < 1.29 is 28.6 Å². The molecule has 0 aliphatic heterocycles. The molecule has 0 radical (unpaired) electrons. The Kier molecular flexibility index (Phi) is 9.07. The van der Waals surface area contributed by atoms with E-state index in [1.807, 2.05) is 30.3 Å². The van der Waals surface area contributed by atoms with Crippen LogP contribution in [0.3, 0.4) is 0 Å². The summed E-state index contributed by atoms with van der Waals surface area (Å²) in [7, 11) is 1.55. The summed E-state index contributed by atoms with van der Waals surface area (Å²) in [5.41, 5.74) is 0.662. The van der Waals surface area contributed by atoms with E-state index in [9.17, 15) is 14.4 Å². The first-order valence-electron chi connectivity index (χ1n) is 10.3. The summed E-state index contributed by atoms with van der Waals surface area (Å²) in [6.07, 6.45) is -0.747. The van der Waals surface area contributed by atoms with Crippen LogP contribution in [0.25, 0.3) is 0 Å². The molecule has 0 bridgehead atoms. The van der Waals surface area contributed by atoms with Gasteiger partial charge < -0.3 is 24.8 Å². The van der Waals surface area contributed by atoms with Crippen LogP contribution in [-0.2, 0) is 25.7 Å². The van der Waals surface area contributed by atoms with Gasteiger partial charge in [0.2, 0.25) is 5.91 Å². The fraction of sp³-hybridized carbons (Fsp3) is 0.375. The van der Waals surface area contributed by atoms with Crippen LogP contribution in [0.4, 0.5) is 10.5 Å². The van der Waals surface area contributed by atoms with Gasteiger partial charge in [-0.15, -0.1) is 0 Å². The van der Waals surface area contributed by atoms with Gasteiger partial charge in [0.1, 0.15) is 24.0 Å². The normalized spacial score (nSPS) is 11.8. The number of benzene rings is 2. The highest BCUT2D eigenvalue weighted by atomic mass is 16.6. The van der Waals surface area contributed by atoms with Crippen molar-refractivity contribution in [1.29, 1.82) is 0 Å². The zero-order chi connectivity index (χ0) is 23.6. The molecule has 0 saturated carbocycles. The Hall–Kier alpha value is -3.55. The predicted molar refractivity (Wildman–Crippen MR) is 120 cm³/mol. The largest absolute Gasteiger partial charge is 0.497 e. The number of amides is 2. The summed E-state index contributed by atoms with van der Waals surface area (Å²) in [6.45, 7) is 5.31. The maximum absolute atomic E-state index is 12.8. The van der Waals surface area contributed by atoms with E-state index in [0.29, 0.717) is 11.4 Å². The van der Waals surface area contributed by atoms with Crippen molar-refractivity contribution in [3.63, 3.8) is 0 Å². The van der Waals surface area contributed by atoms with Crippen LogP contribution >= 0.6 is 0 Å². The summed E-state index contributed by atoms with van der Waals surface area (Å²) in [5.74, 6) is -0.299. The van der Waals surface area contributed by atoms with Crippen LogP contribution in [0.5, 0.6) is 5.75 Å². The quantitative estimate of drug-likeness (QED) is 0.568. The summed E-state index contributed by atoms with van der Waals surface area (Å²) in [6, 6.07) is 15.0. The van der Waals surface area contributed by atoms with E-state index in [1.54, 1.807) is 52.1 Å². The lowest BCUT2D eigenvalue weighted by Gasteiger charge is -2.23. The lowest BCUT2D eigenvalue weighted by atomic mass is 10.1. The lowest BCUT2D eigenvalue weighted by Crippen LogP contribution is -2.46. The number of hydrogen-bond donors (Lipinski definition) is 2. The van der Waals surface area contributed by atoms with Gasteiger partial charge >= 0.3 is 12.1 Å². The summed E-state index contributed by atoms with van der Waals surface area (Å²) in [4.78, 5) is 37.2. The van der Waals surface area contributed by atoms with Gasteiger partial charge in [-0.25, -0.2) is 4.79 Å². The van der Waals surface area contributed by atoms with Crippen molar-refractivity contribution in [2.75, 3.05) is 12.4 Å². The van der Waals surface area contributed by atoms with Crippen LogP contribution in [0.2, 0.25) is 0 Å². The molecule has 0 unspecified atom stereocenters. The number of rotatable bonds is 9. The van der Waals surface area contributed by atoms with E-state index in [1.165, 1.54) is 0 Å². The molecule has 2 aromatic rings.